The molecule has 10 aromatic carbocycles. The minimum absolute atomic E-state index is 0.822. The third kappa shape index (κ3) is 7.49. The minimum Gasteiger partial charge on any atom is -0.463 e. The van der Waals surface area contributed by atoms with Crippen LogP contribution < -0.4 is 30.3 Å². The second kappa shape index (κ2) is 17.2. The normalized spacial score (nSPS) is 11.3. The zero-order valence-electron chi connectivity index (χ0n) is 32.8. The van der Waals surface area contributed by atoms with Crippen LogP contribution in [0.3, 0.4) is 0 Å². The van der Waals surface area contributed by atoms with E-state index >= 15 is 0 Å². The third-order valence-electron chi connectivity index (χ3n) is 10.8. The van der Waals surface area contributed by atoms with Gasteiger partial charge in [0, 0.05) is 43.5 Å². The second-order valence-electron chi connectivity index (χ2n) is 14.5. The van der Waals surface area contributed by atoms with E-state index in [1.165, 1.54) is 0 Å². The molecule has 0 aliphatic rings. The average molecular weight is 807 g/mol. The van der Waals surface area contributed by atoms with Crippen molar-refractivity contribution in [2.45, 2.75) is 0 Å². The Hall–Kier alpha value is -6.82. The molecule has 4 heteroatoms. The molecule has 0 saturated heterocycles. The van der Waals surface area contributed by atoms with Crippen LogP contribution in [0.15, 0.2) is 243 Å². The van der Waals surface area contributed by atoms with E-state index in [1.54, 1.807) is 0 Å². The van der Waals surface area contributed by atoms with Crippen molar-refractivity contribution in [2.24, 2.45) is 0 Å². The van der Waals surface area contributed by atoms with Gasteiger partial charge < -0.3 is 9.05 Å². The highest BCUT2D eigenvalue weighted by Gasteiger charge is 2.30. The van der Waals surface area contributed by atoms with E-state index in [-0.39, 0.29) is 0 Å². The van der Waals surface area contributed by atoms with Crippen molar-refractivity contribution >= 4 is 59.1 Å². The number of hydrogen-bond acceptors (Lipinski definition) is 2. The van der Waals surface area contributed by atoms with E-state index in [2.05, 4.69) is 243 Å². The van der Waals surface area contributed by atoms with Crippen LogP contribution in [0.1, 0.15) is 0 Å². The van der Waals surface area contributed by atoms with Crippen molar-refractivity contribution in [3.05, 3.63) is 243 Å². The number of hydrogen-bond donors (Lipinski definition) is 0. The third-order valence-corrected chi connectivity index (χ3v) is 14.5. The van der Waals surface area contributed by atoms with Gasteiger partial charge in [-0.05, 0) is 44.8 Å². The Morgan fingerprint density at radius 1 is 0.267 bits per heavy atom. The van der Waals surface area contributed by atoms with Gasteiger partial charge in [0.25, 0.3) is 0 Å². The highest BCUT2D eigenvalue weighted by molar-refractivity contribution is 7.69. The van der Waals surface area contributed by atoms with E-state index < -0.39 is 16.3 Å². The Kier molecular flexibility index (Phi) is 10.7. The molecular weight excluding hydrogens is 767 g/mol. The van der Waals surface area contributed by atoms with Crippen molar-refractivity contribution in [3.63, 3.8) is 0 Å². The van der Waals surface area contributed by atoms with Crippen molar-refractivity contribution in [1.29, 1.82) is 0 Å². The van der Waals surface area contributed by atoms with Crippen molar-refractivity contribution in [3.8, 4) is 44.9 Å². The van der Waals surface area contributed by atoms with E-state index in [4.69, 9.17) is 9.05 Å². The van der Waals surface area contributed by atoms with E-state index in [0.29, 0.717) is 0 Å². The highest BCUT2D eigenvalue weighted by Crippen LogP contribution is 2.56. The Morgan fingerprint density at radius 3 is 0.850 bits per heavy atom. The maximum absolute atomic E-state index is 7.80. The van der Waals surface area contributed by atoms with Crippen LogP contribution in [0.4, 0.5) is 0 Å². The number of benzene rings is 10. The molecule has 0 N–H and O–H groups in total. The van der Waals surface area contributed by atoms with Crippen LogP contribution in [0.5, 0.6) is 11.5 Å². The lowest BCUT2D eigenvalue weighted by atomic mass is 9.86. The first-order valence-corrected chi connectivity index (χ1v) is 22.7. The smallest absolute Gasteiger partial charge is 0.150 e. The summed E-state index contributed by atoms with van der Waals surface area (Å²) in [5.41, 5.74) is 6.22. The molecule has 0 aliphatic heterocycles. The van der Waals surface area contributed by atoms with Gasteiger partial charge in [-0.15, -0.1) is 0 Å². The maximum atomic E-state index is 7.80. The summed E-state index contributed by atoms with van der Waals surface area (Å²) >= 11 is 0. The first-order chi connectivity index (χ1) is 29.8. The Labute approximate surface area is 354 Å². The first-order valence-electron chi connectivity index (χ1n) is 20.2. The maximum Gasteiger partial charge on any atom is 0.150 e. The van der Waals surface area contributed by atoms with Gasteiger partial charge in [0.05, 0.1) is 0 Å². The quantitative estimate of drug-likeness (QED) is 0.121. The van der Waals surface area contributed by atoms with Crippen LogP contribution in [-0.2, 0) is 0 Å². The van der Waals surface area contributed by atoms with Gasteiger partial charge in [0.1, 0.15) is 11.5 Å². The van der Waals surface area contributed by atoms with Crippen LogP contribution in [0.2, 0.25) is 0 Å². The zero-order chi connectivity index (χ0) is 40.1. The molecule has 286 valence electrons. The molecule has 2 nitrogen and oxygen atoms in total. The van der Waals surface area contributed by atoms with E-state index in [0.717, 1.165) is 87.6 Å². The molecular formula is C56H40O2P2. The topological polar surface area (TPSA) is 18.5 Å². The molecule has 0 unspecified atom stereocenters. The SMILES string of the molecule is c1ccc(-c2cc3ccccc3c(-c3c(OP(c4ccccc4)c4ccccc4)c(-c4ccccc4)cc4ccccc34)c2OP(c2ccccc2)c2ccccc2)cc1. The minimum atomic E-state index is -1.33. The summed E-state index contributed by atoms with van der Waals surface area (Å²) in [7, 11) is -2.65. The zero-order valence-corrected chi connectivity index (χ0v) is 34.6. The summed E-state index contributed by atoms with van der Waals surface area (Å²) < 4.78 is 15.6. The van der Waals surface area contributed by atoms with Gasteiger partial charge in [-0.3, -0.25) is 0 Å². The van der Waals surface area contributed by atoms with Gasteiger partial charge in [-0.25, -0.2) is 0 Å². The molecule has 0 amide bonds. The van der Waals surface area contributed by atoms with Crippen LogP contribution in [0, 0.1) is 0 Å². The van der Waals surface area contributed by atoms with Gasteiger partial charge in [0.2, 0.25) is 0 Å². The first kappa shape index (κ1) is 37.5. The Morgan fingerprint density at radius 2 is 0.533 bits per heavy atom. The summed E-state index contributed by atoms with van der Waals surface area (Å²) in [4.78, 5) is 0. The van der Waals surface area contributed by atoms with Crippen molar-refractivity contribution < 1.29 is 9.05 Å². The molecule has 0 heterocycles. The summed E-state index contributed by atoms with van der Waals surface area (Å²) in [6.45, 7) is 0. The summed E-state index contributed by atoms with van der Waals surface area (Å²) in [6, 6.07) is 86.0. The average Bonchev–Trinajstić information content (AvgIpc) is 3.33. The molecule has 60 heavy (non-hydrogen) atoms. The number of rotatable bonds is 11. The van der Waals surface area contributed by atoms with Crippen LogP contribution in [0.25, 0.3) is 54.9 Å². The van der Waals surface area contributed by atoms with E-state index in [9.17, 15) is 0 Å². The molecule has 0 bridgehead atoms. The molecule has 0 aliphatic carbocycles. The molecule has 10 rings (SSSR count). The van der Waals surface area contributed by atoms with Crippen LogP contribution in [-0.4, -0.2) is 0 Å². The lowest BCUT2D eigenvalue weighted by molar-refractivity contribution is 0.626. The molecule has 0 aromatic heterocycles. The van der Waals surface area contributed by atoms with Crippen molar-refractivity contribution in [1.82, 2.24) is 0 Å². The fourth-order valence-electron chi connectivity index (χ4n) is 7.95. The Balaban J connectivity index is 1.36. The number of fused-ring (bicyclic) bond motifs is 2. The molecule has 0 saturated carbocycles. The molecule has 0 atom stereocenters. The van der Waals surface area contributed by atoms with Gasteiger partial charge >= 0.3 is 0 Å². The molecule has 10 aromatic rings. The summed E-state index contributed by atoms with van der Waals surface area (Å²) in [5, 5.41) is 8.95. The predicted molar refractivity (Wildman–Crippen MR) is 257 cm³/mol. The molecule has 0 fully saturated rings. The van der Waals surface area contributed by atoms with Gasteiger partial charge in [0.15, 0.2) is 16.3 Å². The largest absolute Gasteiger partial charge is 0.463 e. The van der Waals surface area contributed by atoms with Gasteiger partial charge in [-0.2, -0.15) is 0 Å². The van der Waals surface area contributed by atoms with E-state index in [1.807, 2.05) is 0 Å². The fourth-order valence-corrected chi connectivity index (χ4v) is 11.5. The molecule has 0 radical (unpaired) electrons. The monoisotopic (exact) mass is 806 g/mol. The highest BCUT2D eigenvalue weighted by atomic mass is 31.1. The lowest BCUT2D eigenvalue weighted by Crippen LogP contribution is -2.17. The summed E-state index contributed by atoms with van der Waals surface area (Å²) in [5.74, 6) is 1.64. The summed E-state index contributed by atoms with van der Waals surface area (Å²) in [6.07, 6.45) is 0. The molecule has 0 spiro atoms. The van der Waals surface area contributed by atoms with Gasteiger partial charge in [-0.1, -0.05) is 231 Å². The standard InChI is InChI=1S/C56H40O2P2/c1-7-23-41(24-8-1)51-39-43-27-19-21-37-49(43)53(55(51)57-59(45-29-11-3-12-30-45)46-31-13-4-14-32-46)54-50-38-22-20-28-44(50)40-52(42-25-9-2-10-26-42)56(54)58-60(47-33-15-5-16-34-47)48-35-17-6-18-36-48/h1-40H. The fraction of sp³-hybridized carbons (Fsp3) is 0. The Bertz CT molecular complexity index is 2730. The second-order valence-corrected chi connectivity index (χ2v) is 18.2. The van der Waals surface area contributed by atoms with Crippen molar-refractivity contribution in [2.75, 3.05) is 0 Å². The lowest BCUT2D eigenvalue weighted by Gasteiger charge is -2.28. The predicted octanol–water partition coefficient (Wildman–Crippen LogP) is 13.8. The van der Waals surface area contributed by atoms with Crippen LogP contribution >= 0.6 is 16.3 Å².